The number of fused-ring (bicyclic) bond motifs is 1. The van der Waals surface area contributed by atoms with Gasteiger partial charge in [0.2, 0.25) is 0 Å². The Hall–Kier alpha value is -3.43. The van der Waals surface area contributed by atoms with Crippen molar-refractivity contribution in [3.8, 4) is 23.7 Å². The Kier molecular flexibility index (Phi) is 8.78. The zero-order valence-electron chi connectivity index (χ0n) is 20.6. The van der Waals surface area contributed by atoms with Crippen molar-refractivity contribution in [2.45, 2.75) is 55.8 Å². The van der Waals surface area contributed by atoms with Crippen LogP contribution in [0.1, 0.15) is 37.8 Å². The van der Waals surface area contributed by atoms with Gasteiger partial charge in [0, 0.05) is 22.0 Å². The summed E-state index contributed by atoms with van der Waals surface area (Å²) in [5.74, 6) is 6.42. The number of hydrogen-bond donors (Lipinski definition) is 2. The number of anilines is 2. The summed E-state index contributed by atoms with van der Waals surface area (Å²) < 4.78 is 47.2. The Labute approximate surface area is 219 Å². The molecule has 1 saturated carbocycles. The van der Waals surface area contributed by atoms with Gasteiger partial charge in [-0.1, -0.05) is 31.2 Å². The number of nitrogens with zero attached hydrogens (tertiary/aromatic N) is 2. The topological polar surface area (TPSA) is 62.0 Å². The number of aromatic nitrogens is 1. The number of benzene rings is 2. The first-order valence-electron chi connectivity index (χ1n) is 12.2. The molecule has 0 aliphatic heterocycles. The predicted octanol–water partition coefficient (Wildman–Crippen LogP) is 7.04. The Bertz CT molecular complexity index is 1330. The van der Waals surface area contributed by atoms with Crippen LogP contribution in [0.25, 0.3) is 10.9 Å². The van der Waals surface area contributed by atoms with E-state index < -0.39 is 12.7 Å². The van der Waals surface area contributed by atoms with Crippen molar-refractivity contribution in [1.82, 2.24) is 4.57 Å². The van der Waals surface area contributed by atoms with Crippen molar-refractivity contribution in [3.05, 3.63) is 48.2 Å². The molecule has 0 atom stereocenters. The van der Waals surface area contributed by atoms with Crippen molar-refractivity contribution in [3.63, 3.8) is 0 Å². The molecule has 0 radical (unpaired) electrons. The molecule has 3 aromatic rings. The molecule has 1 aliphatic carbocycles. The second-order valence-electron chi connectivity index (χ2n) is 8.91. The summed E-state index contributed by atoms with van der Waals surface area (Å²) in [7, 11) is 0. The van der Waals surface area contributed by atoms with Gasteiger partial charge in [-0.2, -0.15) is 18.4 Å². The second kappa shape index (κ2) is 12.2. The van der Waals surface area contributed by atoms with E-state index >= 15 is 0 Å². The number of rotatable bonds is 8. The molecule has 2 N–H and O–H groups in total. The van der Waals surface area contributed by atoms with E-state index in [1.54, 1.807) is 30.0 Å². The summed E-state index contributed by atoms with van der Waals surface area (Å²) in [5, 5.41) is 16.3. The van der Waals surface area contributed by atoms with Crippen LogP contribution in [0.15, 0.2) is 47.4 Å². The van der Waals surface area contributed by atoms with Gasteiger partial charge in [0.15, 0.2) is 6.61 Å². The number of hydrogen-bond acceptors (Lipinski definition) is 5. The minimum absolute atomic E-state index is 0.0903. The van der Waals surface area contributed by atoms with Crippen molar-refractivity contribution in [2.75, 3.05) is 30.0 Å². The average molecular weight is 527 g/mol. The van der Waals surface area contributed by atoms with Crippen molar-refractivity contribution in [2.24, 2.45) is 0 Å². The van der Waals surface area contributed by atoms with Gasteiger partial charge in [0.05, 0.1) is 23.4 Å². The fourth-order valence-electron chi connectivity index (χ4n) is 4.61. The first-order valence-corrected chi connectivity index (χ1v) is 13.5. The van der Waals surface area contributed by atoms with Gasteiger partial charge in [-0.05, 0) is 61.4 Å². The van der Waals surface area contributed by atoms with Gasteiger partial charge >= 0.3 is 6.18 Å². The highest BCUT2D eigenvalue weighted by Crippen LogP contribution is 2.32. The lowest BCUT2D eigenvalue weighted by atomic mass is 9.95. The van der Waals surface area contributed by atoms with Gasteiger partial charge in [-0.25, -0.2) is 0 Å². The Morgan fingerprint density at radius 2 is 1.92 bits per heavy atom. The van der Waals surface area contributed by atoms with Crippen LogP contribution in [0.2, 0.25) is 0 Å². The first-order chi connectivity index (χ1) is 17.9. The van der Waals surface area contributed by atoms with E-state index in [4.69, 9.17) is 10.00 Å². The van der Waals surface area contributed by atoms with Gasteiger partial charge < -0.3 is 19.9 Å². The molecule has 1 aliphatic rings. The van der Waals surface area contributed by atoms with Crippen molar-refractivity contribution < 1.29 is 17.9 Å². The molecule has 37 heavy (non-hydrogen) atoms. The van der Waals surface area contributed by atoms with E-state index in [1.165, 1.54) is 11.0 Å². The molecule has 0 spiro atoms. The molecular weight excluding hydrogens is 497 g/mol. The Morgan fingerprint density at radius 3 is 2.65 bits per heavy atom. The number of ether oxygens (including phenoxy) is 1. The quantitative estimate of drug-likeness (QED) is 0.244. The van der Waals surface area contributed by atoms with Crippen molar-refractivity contribution >= 4 is 34.0 Å². The van der Waals surface area contributed by atoms with Crippen LogP contribution in [-0.2, 0) is 6.54 Å². The molecule has 2 aromatic carbocycles. The second-order valence-corrected chi connectivity index (χ2v) is 9.79. The van der Waals surface area contributed by atoms with Gasteiger partial charge in [0.25, 0.3) is 0 Å². The molecular formula is C28H29F3N4OS. The lowest BCUT2D eigenvalue weighted by Gasteiger charge is -2.24. The normalized spacial score (nSPS) is 14.0. The summed E-state index contributed by atoms with van der Waals surface area (Å²) in [6.45, 7) is -1.00. The third-order valence-corrected chi connectivity index (χ3v) is 7.04. The van der Waals surface area contributed by atoms with E-state index in [-0.39, 0.29) is 13.2 Å². The molecule has 1 fully saturated rings. The molecule has 1 aromatic heterocycles. The maximum absolute atomic E-state index is 13.5. The maximum Gasteiger partial charge on any atom is 0.406 e. The number of halogens is 3. The third kappa shape index (κ3) is 7.08. The minimum atomic E-state index is -4.38. The van der Waals surface area contributed by atoms with Gasteiger partial charge in [0.1, 0.15) is 18.4 Å². The predicted molar refractivity (Wildman–Crippen MR) is 143 cm³/mol. The Morgan fingerprint density at radius 1 is 1.11 bits per heavy atom. The van der Waals surface area contributed by atoms with E-state index in [0.717, 1.165) is 41.7 Å². The number of nitriles is 1. The molecule has 1 heterocycles. The number of nitrogens with one attached hydrogen (secondary N) is 2. The summed E-state index contributed by atoms with van der Waals surface area (Å²) in [5.41, 5.74) is 2.33. The molecule has 0 amide bonds. The fourth-order valence-corrected chi connectivity index (χ4v) is 5.04. The minimum Gasteiger partial charge on any atom is -0.477 e. The maximum atomic E-state index is 13.5. The smallest absolute Gasteiger partial charge is 0.406 e. The SMILES string of the molecule is CSc1ccc(NCC#Cc2cc3c(NC4CCCCC4)cccc3n2CC(F)(F)F)c(OCC#N)c1. The fraction of sp³-hybridized carbons (Fsp3) is 0.393. The zero-order valence-corrected chi connectivity index (χ0v) is 21.4. The van der Waals surface area contributed by atoms with E-state index in [2.05, 4.69) is 22.5 Å². The molecule has 4 rings (SSSR count). The van der Waals surface area contributed by atoms with E-state index in [1.807, 2.05) is 36.6 Å². The van der Waals surface area contributed by atoms with E-state index in [9.17, 15) is 13.2 Å². The first kappa shape index (κ1) is 26.6. The Balaban J connectivity index is 1.59. The highest BCUT2D eigenvalue weighted by molar-refractivity contribution is 7.98. The van der Waals surface area contributed by atoms with Crippen molar-refractivity contribution in [1.29, 1.82) is 5.26 Å². The summed E-state index contributed by atoms with van der Waals surface area (Å²) >= 11 is 1.55. The number of alkyl halides is 3. The molecule has 5 nitrogen and oxygen atoms in total. The molecule has 0 unspecified atom stereocenters. The van der Waals surface area contributed by atoms with Crippen LogP contribution in [0.4, 0.5) is 24.5 Å². The largest absolute Gasteiger partial charge is 0.477 e. The summed E-state index contributed by atoms with van der Waals surface area (Å²) in [6.07, 6.45) is 3.25. The highest BCUT2D eigenvalue weighted by Gasteiger charge is 2.30. The molecule has 0 saturated heterocycles. The lowest BCUT2D eigenvalue weighted by molar-refractivity contribution is -0.140. The van der Waals surface area contributed by atoms with Crippen LogP contribution in [0.5, 0.6) is 5.75 Å². The van der Waals surface area contributed by atoms with Crippen LogP contribution < -0.4 is 15.4 Å². The van der Waals surface area contributed by atoms with Gasteiger partial charge in [-0.3, -0.25) is 0 Å². The lowest BCUT2D eigenvalue weighted by Crippen LogP contribution is -2.22. The van der Waals surface area contributed by atoms with Crippen LogP contribution in [0.3, 0.4) is 0 Å². The number of thioether (sulfide) groups is 1. The average Bonchev–Trinajstić information content (AvgIpc) is 3.23. The van der Waals surface area contributed by atoms with Crippen LogP contribution in [-0.4, -0.2) is 36.2 Å². The molecule has 9 heteroatoms. The van der Waals surface area contributed by atoms with E-state index in [0.29, 0.717) is 28.7 Å². The van der Waals surface area contributed by atoms with Crippen LogP contribution >= 0.6 is 11.8 Å². The zero-order chi connectivity index (χ0) is 26.3. The molecule has 194 valence electrons. The monoisotopic (exact) mass is 526 g/mol. The summed E-state index contributed by atoms with van der Waals surface area (Å²) in [6, 6.07) is 15.0. The summed E-state index contributed by atoms with van der Waals surface area (Å²) in [4.78, 5) is 0.985. The standard InChI is InChI=1S/C28H29F3N4OS/c1-37-22-12-13-25(27(18-22)36-16-14-32)33-15-6-9-21-17-23-24(34-20-7-3-2-4-8-20)10-5-11-26(23)35(21)19-28(29,30)31/h5,10-13,17-18,20,33-34H,2-4,7-8,15-16,19H2,1H3. The highest BCUT2D eigenvalue weighted by atomic mass is 32.2. The van der Waals surface area contributed by atoms with Gasteiger partial charge in [-0.15, -0.1) is 11.8 Å². The molecule has 0 bridgehead atoms. The third-order valence-electron chi connectivity index (χ3n) is 6.31. The van der Waals surface area contributed by atoms with Crippen LogP contribution in [0, 0.1) is 23.2 Å².